The molecule has 0 aliphatic carbocycles. The molecular weight excluding hydrogens is 176 g/mol. The fourth-order valence-corrected chi connectivity index (χ4v) is 1.84. The van der Waals surface area contributed by atoms with Gasteiger partial charge in [0.25, 0.3) is 0 Å². The van der Waals surface area contributed by atoms with Gasteiger partial charge in [0, 0.05) is 24.5 Å². The van der Waals surface area contributed by atoms with E-state index in [4.69, 9.17) is 4.74 Å². The first-order valence-corrected chi connectivity index (χ1v) is 5.00. The molecule has 0 aromatic carbocycles. The van der Waals surface area contributed by atoms with Crippen molar-refractivity contribution in [2.24, 2.45) is 0 Å². The van der Waals surface area contributed by atoms with Gasteiger partial charge >= 0.3 is 0 Å². The lowest BCUT2D eigenvalue weighted by molar-refractivity contribution is 0.0355. The van der Waals surface area contributed by atoms with Gasteiger partial charge in [-0.2, -0.15) is 0 Å². The Morgan fingerprint density at radius 1 is 1.64 bits per heavy atom. The van der Waals surface area contributed by atoms with Crippen LogP contribution in [0.4, 0.5) is 0 Å². The maximum atomic E-state index is 5.47. The van der Waals surface area contributed by atoms with Crippen LogP contribution in [0.1, 0.15) is 12.5 Å². The molecule has 76 valence electrons. The van der Waals surface area contributed by atoms with Crippen LogP contribution in [0.2, 0.25) is 0 Å². The van der Waals surface area contributed by atoms with E-state index in [9.17, 15) is 0 Å². The van der Waals surface area contributed by atoms with Crippen molar-refractivity contribution in [3.8, 4) is 0 Å². The Morgan fingerprint density at radius 2 is 2.57 bits per heavy atom. The minimum absolute atomic E-state index is 0.0707. The molecule has 1 atom stereocenters. The number of aromatic nitrogens is 1. The summed E-state index contributed by atoms with van der Waals surface area (Å²) in [6, 6.07) is 4.08. The van der Waals surface area contributed by atoms with Crippen LogP contribution < -0.4 is 5.32 Å². The highest BCUT2D eigenvalue weighted by atomic mass is 16.5. The molecule has 1 N–H and O–H groups in total. The van der Waals surface area contributed by atoms with E-state index in [1.54, 1.807) is 6.20 Å². The zero-order chi connectivity index (χ0) is 9.86. The summed E-state index contributed by atoms with van der Waals surface area (Å²) in [5, 5.41) is 3.49. The molecule has 0 bridgehead atoms. The second-order valence-electron chi connectivity index (χ2n) is 4.08. The number of hydrogen-bond donors (Lipinski definition) is 1. The lowest BCUT2D eigenvalue weighted by Crippen LogP contribution is -2.53. The Bertz CT molecular complexity index is 281. The van der Waals surface area contributed by atoms with Crippen LogP contribution >= 0.6 is 0 Å². The number of rotatable bonds is 2. The van der Waals surface area contributed by atoms with Crippen molar-refractivity contribution in [1.82, 2.24) is 10.3 Å². The van der Waals surface area contributed by atoms with E-state index in [1.807, 2.05) is 12.3 Å². The van der Waals surface area contributed by atoms with Crippen molar-refractivity contribution in [3.63, 3.8) is 0 Å². The maximum Gasteiger partial charge on any atom is 0.0649 e. The number of nitrogens with zero attached hydrogens (tertiary/aromatic N) is 1. The topological polar surface area (TPSA) is 34.1 Å². The summed E-state index contributed by atoms with van der Waals surface area (Å²) in [7, 11) is 0. The van der Waals surface area contributed by atoms with Gasteiger partial charge in [-0.25, -0.2) is 0 Å². The van der Waals surface area contributed by atoms with Crippen molar-refractivity contribution in [2.75, 3.05) is 19.8 Å². The van der Waals surface area contributed by atoms with Crippen LogP contribution in [0.25, 0.3) is 0 Å². The molecule has 3 nitrogen and oxygen atoms in total. The predicted octanol–water partition coefficient (Wildman–Crippen LogP) is 1.00. The summed E-state index contributed by atoms with van der Waals surface area (Å²) >= 11 is 0. The number of nitrogens with one attached hydrogen (secondary N) is 1. The number of morpholine rings is 1. The molecule has 0 amide bonds. The summed E-state index contributed by atoms with van der Waals surface area (Å²) < 4.78 is 5.47. The molecule has 1 fully saturated rings. The van der Waals surface area contributed by atoms with Crippen LogP contribution in [0.15, 0.2) is 24.5 Å². The first kappa shape index (κ1) is 9.62. The van der Waals surface area contributed by atoms with Crippen LogP contribution in [0, 0.1) is 0 Å². The second-order valence-corrected chi connectivity index (χ2v) is 4.08. The van der Waals surface area contributed by atoms with Crippen LogP contribution in [0.3, 0.4) is 0 Å². The van der Waals surface area contributed by atoms with Gasteiger partial charge in [0.05, 0.1) is 13.2 Å². The molecule has 14 heavy (non-hydrogen) atoms. The lowest BCUT2D eigenvalue weighted by atomic mass is 9.94. The molecule has 1 aromatic heterocycles. The lowest BCUT2D eigenvalue weighted by Gasteiger charge is -2.34. The van der Waals surface area contributed by atoms with Crippen LogP contribution in [-0.4, -0.2) is 30.3 Å². The van der Waals surface area contributed by atoms with E-state index in [-0.39, 0.29) is 5.54 Å². The Morgan fingerprint density at radius 3 is 3.21 bits per heavy atom. The smallest absolute Gasteiger partial charge is 0.0649 e. The molecule has 2 rings (SSSR count). The second kappa shape index (κ2) is 4.07. The van der Waals surface area contributed by atoms with Crippen molar-refractivity contribution in [1.29, 1.82) is 0 Å². The number of ether oxygens (including phenoxy) is 1. The van der Waals surface area contributed by atoms with Crippen molar-refractivity contribution < 1.29 is 4.74 Å². The molecular formula is C11H16N2O. The Kier molecular flexibility index (Phi) is 2.79. The molecule has 0 radical (unpaired) electrons. The highest BCUT2D eigenvalue weighted by molar-refractivity contribution is 5.13. The third kappa shape index (κ3) is 2.30. The predicted molar refractivity (Wildman–Crippen MR) is 55.2 cm³/mol. The minimum Gasteiger partial charge on any atom is -0.378 e. The van der Waals surface area contributed by atoms with Gasteiger partial charge in [-0.1, -0.05) is 6.07 Å². The molecule has 1 aliphatic rings. The molecule has 1 saturated heterocycles. The zero-order valence-corrected chi connectivity index (χ0v) is 8.49. The highest BCUT2D eigenvalue weighted by Gasteiger charge is 2.27. The van der Waals surface area contributed by atoms with Crippen molar-refractivity contribution in [2.45, 2.75) is 18.9 Å². The zero-order valence-electron chi connectivity index (χ0n) is 8.49. The minimum atomic E-state index is 0.0707. The molecule has 0 spiro atoms. The largest absolute Gasteiger partial charge is 0.378 e. The average Bonchev–Trinajstić information content (AvgIpc) is 2.19. The molecule has 1 unspecified atom stereocenters. The third-order valence-electron chi connectivity index (χ3n) is 2.54. The van der Waals surface area contributed by atoms with Gasteiger partial charge < -0.3 is 10.1 Å². The van der Waals surface area contributed by atoms with E-state index in [1.165, 1.54) is 5.56 Å². The quantitative estimate of drug-likeness (QED) is 0.759. The van der Waals surface area contributed by atoms with Gasteiger partial charge in [0.1, 0.15) is 0 Å². The molecule has 0 saturated carbocycles. The monoisotopic (exact) mass is 192 g/mol. The van der Waals surface area contributed by atoms with Crippen molar-refractivity contribution in [3.05, 3.63) is 30.1 Å². The van der Waals surface area contributed by atoms with E-state index in [0.717, 1.165) is 26.2 Å². The van der Waals surface area contributed by atoms with E-state index in [2.05, 4.69) is 23.3 Å². The molecule has 2 heterocycles. The van der Waals surface area contributed by atoms with Gasteiger partial charge in [-0.15, -0.1) is 0 Å². The SMILES string of the molecule is CC1(Cc2cccnc2)COCCN1. The average molecular weight is 192 g/mol. The van der Waals surface area contributed by atoms with Crippen molar-refractivity contribution >= 4 is 0 Å². The summed E-state index contributed by atoms with van der Waals surface area (Å²) in [6.07, 6.45) is 4.69. The van der Waals surface area contributed by atoms with Gasteiger partial charge in [-0.3, -0.25) is 4.98 Å². The standard InChI is InChI=1S/C11H16N2O/c1-11(9-14-6-5-13-11)7-10-3-2-4-12-8-10/h2-4,8,13H,5-7,9H2,1H3. The maximum absolute atomic E-state index is 5.47. The first-order chi connectivity index (χ1) is 6.79. The van der Waals surface area contributed by atoms with Crippen LogP contribution in [0.5, 0.6) is 0 Å². The van der Waals surface area contributed by atoms with Gasteiger partial charge in [0.15, 0.2) is 0 Å². The molecule has 1 aliphatic heterocycles. The summed E-state index contributed by atoms with van der Waals surface area (Å²) in [5.41, 5.74) is 1.33. The Balaban J connectivity index is 2.02. The van der Waals surface area contributed by atoms with Gasteiger partial charge in [-0.05, 0) is 25.0 Å². The Labute approximate surface area is 84.5 Å². The first-order valence-electron chi connectivity index (χ1n) is 5.00. The summed E-state index contributed by atoms with van der Waals surface area (Å²) in [4.78, 5) is 4.11. The summed E-state index contributed by atoms with van der Waals surface area (Å²) in [6.45, 7) is 4.74. The summed E-state index contributed by atoms with van der Waals surface area (Å²) in [5.74, 6) is 0. The Hall–Kier alpha value is -0.930. The normalized spacial score (nSPS) is 27.5. The highest BCUT2D eigenvalue weighted by Crippen LogP contribution is 2.15. The van der Waals surface area contributed by atoms with E-state index < -0.39 is 0 Å². The third-order valence-corrected chi connectivity index (χ3v) is 2.54. The number of pyridine rings is 1. The molecule has 1 aromatic rings. The van der Waals surface area contributed by atoms with Crippen LogP contribution in [-0.2, 0) is 11.2 Å². The van der Waals surface area contributed by atoms with E-state index >= 15 is 0 Å². The fourth-order valence-electron chi connectivity index (χ4n) is 1.84. The fraction of sp³-hybridized carbons (Fsp3) is 0.545. The van der Waals surface area contributed by atoms with E-state index in [0.29, 0.717) is 0 Å². The molecule has 3 heteroatoms. The number of hydrogen-bond acceptors (Lipinski definition) is 3. The van der Waals surface area contributed by atoms with Gasteiger partial charge in [0.2, 0.25) is 0 Å².